The van der Waals surface area contributed by atoms with E-state index in [-0.39, 0.29) is 29.9 Å². The molecule has 0 bridgehead atoms. The van der Waals surface area contributed by atoms with Gasteiger partial charge in [-0.25, -0.2) is 0 Å². The van der Waals surface area contributed by atoms with E-state index >= 15 is 0 Å². The van der Waals surface area contributed by atoms with Crippen LogP contribution in [0.25, 0.3) is 0 Å². The average molecular weight is 438 g/mol. The molecular weight excluding hydrogens is 411 g/mol. The zero-order valence-corrected chi connectivity index (χ0v) is 16.7. The van der Waals surface area contributed by atoms with Crippen LogP contribution in [0.1, 0.15) is 25.6 Å². The average Bonchev–Trinajstić information content (AvgIpc) is 2.93. The first-order valence-electron chi connectivity index (χ1n) is 7.40. The lowest BCUT2D eigenvalue weighted by molar-refractivity contribution is -0.118. The third-order valence-electron chi connectivity index (χ3n) is 2.83. The highest BCUT2D eigenvalue weighted by Gasteiger charge is 2.05. The van der Waals surface area contributed by atoms with Gasteiger partial charge in [-0.3, -0.25) is 9.79 Å². The van der Waals surface area contributed by atoms with Gasteiger partial charge >= 0.3 is 0 Å². The number of guanidine groups is 1. The highest BCUT2D eigenvalue weighted by atomic mass is 127. The SMILES string of the molecule is CCNC(=NCC(C)Cc1cccs1)NCCNC(C)=O.I. The van der Waals surface area contributed by atoms with Crippen molar-refractivity contribution in [2.45, 2.75) is 27.2 Å². The van der Waals surface area contributed by atoms with Crippen LogP contribution in [0.2, 0.25) is 0 Å². The molecule has 1 amide bonds. The number of aliphatic imine (C=N–C) groups is 1. The van der Waals surface area contributed by atoms with Crippen LogP contribution in [0, 0.1) is 5.92 Å². The van der Waals surface area contributed by atoms with Crippen LogP contribution in [0.15, 0.2) is 22.5 Å². The molecular formula is C15H27IN4OS. The standard InChI is InChI=1S/C15H26N4OS.HI/c1-4-16-15(18-8-7-17-13(3)20)19-11-12(2)10-14-6-5-9-21-14;/h5-6,9,12H,4,7-8,10-11H2,1-3H3,(H,17,20)(H2,16,18,19);1H. The Bertz CT molecular complexity index is 437. The van der Waals surface area contributed by atoms with E-state index in [1.54, 1.807) is 11.3 Å². The third-order valence-corrected chi connectivity index (χ3v) is 3.73. The highest BCUT2D eigenvalue weighted by Crippen LogP contribution is 2.14. The fourth-order valence-corrected chi connectivity index (χ4v) is 2.71. The number of rotatable bonds is 8. The molecule has 0 aliphatic carbocycles. The zero-order chi connectivity index (χ0) is 15.5. The minimum Gasteiger partial charge on any atom is -0.357 e. The van der Waals surface area contributed by atoms with Crippen molar-refractivity contribution in [3.05, 3.63) is 22.4 Å². The van der Waals surface area contributed by atoms with Gasteiger partial charge in [0.15, 0.2) is 5.96 Å². The Hall–Kier alpha value is -0.830. The first-order valence-corrected chi connectivity index (χ1v) is 8.28. The molecule has 7 heteroatoms. The van der Waals surface area contributed by atoms with Crippen molar-refractivity contribution in [2.75, 3.05) is 26.2 Å². The largest absolute Gasteiger partial charge is 0.357 e. The Labute approximate surface area is 154 Å². The number of hydrogen-bond donors (Lipinski definition) is 3. The molecule has 1 rings (SSSR count). The van der Waals surface area contributed by atoms with Gasteiger partial charge in [-0.15, -0.1) is 35.3 Å². The number of carbonyl (C=O) groups excluding carboxylic acids is 1. The summed E-state index contributed by atoms with van der Waals surface area (Å²) in [6.45, 7) is 8.66. The molecule has 22 heavy (non-hydrogen) atoms. The molecule has 1 aromatic heterocycles. The van der Waals surface area contributed by atoms with Crippen molar-refractivity contribution >= 4 is 47.2 Å². The molecule has 5 nitrogen and oxygen atoms in total. The summed E-state index contributed by atoms with van der Waals surface area (Å²) in [5.74, 6) is 1.30. The van der Waals surface area contributed by atoms with Gasteiger partial charge in [0.1, 0.15) is 0 Å². The second-order valence-electron chi connectivity index (χ2n) is 5.02. The first-order chi connectivity index (χ1) is 10.1. The van der Waals surface area contributed by atoms with Gasteiger partial charge in [0.2, 0.25) is 5.91 Å². The molecule has 0 aliphatic rings. The molecule has 0 spiro atoms. The van der Waals surface area contributed by atoms with Crippen LogP contribution in [-0.4, -0.2) is 38.0 Å². The van der Waals surface area contributed by atoms with Gasteiger partial charge in [-0.2, -0.15) is 0 Å². The lowest BCUT2D eigenvalue weighted by Gasteiger charge is -2.13. The van der Waals surface area contributed by atoms with Crippen molar-refractivity contribution in [3.8, 4) is 0 Å². The van der Waals surface area contributed by atoms with Gasteiger partial charge in [-0.05, 0) is 30.7 Å². The normalized spacial score (nSPS) is 12.2. The van der Waals surface area contributed by atoms with E-state index < -0.39 is 0 Å². The molecule has 0 saturated heterocycles. The lowest BCUT2D eigenvalue weighted by Crippen LogP contribution is -2.41. The number of nitrogens with zero attached hydrogens (tertiary/aromatic N) is 1. The van der Waals surface area contributed by atoms with Gasteiger partial charge in [0, 0.05) is 38.0 Å². The lowest BCUT2D eigenvalue weighted by atomic mass is 10.1. The predicted molar refractivity (Wildman–Crippen MR) is 105 cm³/mol. The van der Waals surface area contributed by atoms with Crippen LogP contribution in [0.4, 0.5) is 0 Å². The number of carbonyl (C=O) groups is 1. The summed E-state index contributed by atoms with van der Waals surface area (Å²) in [4.78, 5) is 16.8. The van der Waals surface area contributed by atoms with Crippen LogP contribution in [0.3, 0.4) is 0 Å². The third kappa shape index (κ3) is 9.99. The Morgan fingerprint density at radius 2 is 2.05 bits per heavy atom. The Morgan fingerprint density at radius 1 is 1.32 bits per heavy atom. The maximum absolute atomic E-state index is 10.8. The summed E-state index contributed by atoms with van der Waals surface area (Å²) < 4.78 is 0. The van der Waals surface area contributed by atoms with E-state index in [9.17, 15) is 4.79 Å². The van der Waals surface area contributed by atoms with Gasteiger partial charge < -0.3 is 16.0 Å². The highest BCUT2D eigenvalue weighted by molar-refractivity contribution is 14.0. The summed E-state index contributed by atoms with van der Waals surface area (Å²) in [5.41, 5.74) is 0. The van der Waals surface area contributed by atoms with Crippen LogP contribution in [-0.2, 0) is 11.2 Å². The van der Waals surface area contributed by atoms with Crippen molar-refractivity contribution in [2.24, 2.45) is 10.9 Å². The van der Waals surface area contributed by atoms with Crippen LogP contribution >= 0.6 is 35.3 Å². The number of halogens is 1. The summed E-state index contributed by atoms with van der Waals surface area (Å²) in [7, 11) is 0. The number of hydrogen-bond acceptors (Lipinski definition) is 3. The molecule has 1 atom stereocenters. The summed E-state index contributed by atoms with van der Waals surface area (Å²) in [5, 5.41) is 11.3. The zero-order valence-electron chi connectivity index (χ0n) is 13.5. The smallest absolute Gasteiger partial charge is 0.216 e. The molecule has 0 aliphatic heterocycles. The minimum absolute atomic E-state index is 0. The number of amides is 1. The molecule has 126 valence electrons. The fourth-order valence-electron chi connectivity index (χ4n) is 1.85. The molecule has 3 N–H and O–H groups in total. The summed E-state index contributed by atoms with van der Waals surface area (Å²) >= 11 is 1.80. The van der Waals surface area contributed by atoms with Crippen LogP contribution in [0.5, 0.6) is 0 Å². The van der Waals surface area contributed by atoms with Crippen molar-refractivity contribution in [1.82, 2.24) is 16.0 Å². The summed E-state index contributed by atoms with van der Waals surface area (Å²) in [6, 6.07) is 4.26. The molecule has 0 aromatic carbocycles. The van der Waals surface area contributed by atoms with E-state index in [1.165, 1.54) is 11.8 Å². The van der Waals surface area contributed by atoms with Crippen molar-refractivity contribution < 1.29 is 4.79 Å². The van der Waals surface area contributed by atoms with Gasteiger partial charge in [0.05, 0.1) is 0 Å². The van der Waals surface area contributed by atoms with Crippen LogP contribution < -0.4 is 16.0 Å². The summed E-state index contributed by atoms with van der Waals surface area (Å²) in [6.07, 6.45) is 1.06. The molecule has 0 saturated carbocycles. The maximum Gasteiger partial charge on any atom is 0.216 e. The van der Waals surface area contributed by atoms with E-state index in [2.05, 4.69) is 45.4 Å². The molecule has 1 unspecified atom stereocenters. The van der Waals surface area contributed by atoms with E-state index in [1.807, 2.05) is 6.92 Å². The maximum atomic E-state index is 10.8. The van der Waals surface area contributed by atoms with E-state index in [4.69, 9.17) is 0 Å². The second kappa shape index (κ2) is 12.7. The Kier molecular flexibility index (Phi) is 12.2. The predicted octanol–water partition coefficient (Wildman–Crippen LogP) is 2.24. The van der Waals surface area contributed by atoms with E-state index in [0.29, 0.717) is 19.0 Å². The topological polar surface area (TPSA) is 65.5 Å². The monoisotopic (exact) mass is 438 g/mol. The van der Waals surface area contributed by atoms with Crippen molar-refractivity contribution in [3.63, 3.8) is 0 Å². The van der Waals surface area contributed by atoms with Gasteiger partial charge in [-0.1, -0.05) is 13.0 Å². The molecule has 1 heterocycles. The quantitative estimate of drug-likeness (QED) is 0.253. The fraction of sp³-hybridized carbons (Fsp3) is 0.600. The van der Waals surface area contributed by atoms with Crippen molar-refractivity contribution in [1.29, 1.82) is 0 Å². The molecule has 0 radical (unpaired) electrons. The molecule has 0 fully saturated rings. The molecule has 1 aromatic rings. The second-order valence-corrected chi connectivity index (χ2v) is 6.05. The number of thiophene rings is 1. The Morgan fingerprint density at radius 3 is 2.64 bits per heavy atom. The first kappa shape index (κ1) is 21.2. The van der Waals surface area contributed by atoms with E-state index in [0.717, 1.165) is 25.5 Å². The minimum atomic E-state index is -0.0108. The number of nitrogens with one attached hydrogen (secondary N) is 3. The van der Waals surface area contributed by atoms with Gasteiger partial charge in [0.25, 0.3) is 0 Å². The Balaban J connectivity index is 0.00000441.